The van der Waals surface area contributed by atoms with Crippen molar-refractivity contribution in [2.24, 2.45) is 0 Å². The zero-order valence-electron chi connectivity index (χ0n) is 15.8. The van der Waals surface area contributed by atoms with Crippen LogP contribution in [0.5, 0.6) is 0 Å². The molecule has 5 heteroatoms. The van der Waals surface area contributed by atoms with Crippen molar-refractivity contribution < 1.29 is 4.39 Å². The van der Waals surface area contributed by atoms with Gasteiger partial charge in [0.15, 0.2) is 0 Å². The average molecular weight is 394 g/mol. The minimum Gasteiger partial charge on any atom is -0.398 e. The fourth-order valence-electron chi connectivity index (χ4n) is 3.03. The van der Waals surface area contributed by atoms with Gasteiger partial charge in [-0.2, -0.15) is 0 Å². The summed E-state index contributed by atoms with van der Waals surface area (Å²) in [6, 6.07) is 12.7. The molecule has 0 aliphatic carbocycles. The van der Waals surface area contributed by atoms with Gasteiger partial charge in [0.1, 0.15) is 5.82 Å². The Hall–Kier alpha value is -2.79. The Morgan fingerprint density at radius 1 is 1.29 bits per heavy atom. The Morgan fingerprint density at radius 3 is 2.71 bits per heavy atom. The van der Waals surface area contributed by atoms with Crippen molar-refractivity contribution in [3.05, 3.63) is 94.7 Å². The van der Waals surface area contributed by atoms with Crippen LogP contribution < -0.4 is 11.1 Å². The molecule has 0 saturated heterocycles. The Bertz CT molecular complexity index is 948. The number of nitrogen functional groups attached to an aromatic ring is 1. The minimum absolute atomic E-state index is 0.0280. The highest BCUT2D eigenvalue weighted by atomic mass is 32.2. The van der Waals surface area contributed by atoms with Crippen LogP contribution in [0.3, 0.4) is 0 Å². The number of benzene rings is 2. The SMILES string of the molecule is C=C(NC(C)c1ccccc1)c1cc(C(=N)/C=C/C2=CCCS2)c(N)cc1F. The Labute approximate surface area is 169 Å². The number of nitrogens with two attached hydrogens (primary N) is 1. The van der Waals surface area contributed by atoms with Gasteiger partial charge >= 0.3 is 0 Å². The lowest BCUT2D eigenvalue weighted by molar-refractivity contribution is 0.618. The van der Waals surface area contributed by atoms with Crippen LogP contribution in [-0.4, -0.2) is 11.5 Å². The van der Waals surface area contributed by atoms with Crippen LogP contribution in [0.15, 0.2) is 72.2 Å². The van der Waals surface area contributed by atoms with Gasteiger partial charge in [-0.1, -0.05) is 43.0 Å². The summed E-state index contributed by atoms with van der Waals surface area (Å²) in [7, 11) is 0. The number of anilines is 1. The maximum Gasteiger partial charge on any atom is 0.134 e. The Balaban J connectivity index is 1.80. The molecule has 144 valence electrons. The van der Waals surface area contributed by atoms with Crippen LogP contribution in [0, 0.1) is 11.2 Å². The number of allylic oxidation sites excluding steroid dienone is 3. The zero-order valence-corrected chi connectivity index (χ0v) is 16.7. The number of nitrogens with one attached hydrogen (secondary N) is 2. The summed E-state index contributed by atoms with van der Waals surface area (Å²) in [4.78, 5) is 1.15. The minimum atomic E-state index is -0.454. The van der Waals surface area contributed by atoms with Crippen molar-refractivity contribution in [1.82, 2.24) is 5.32 Å². The fourth-order valence-corrected chi connectivity index (χ4v) is 3.90. The molecule has 28 heavy (non-hydrogen) atoms. The first-order chi connectivity index (χ1) is 13.5. The maximum atomic E-state index is 14.5. The van der Waals surface area contributed by atoms with E-state index >= 15 is 0 Å². The molecule has 0 saturated carbocycles. The smallest absolute Gasteiger partial charge is 0.134 e. The van der Waals surface area contributed by atoms with Gasteiger partial charge in [-0.15, -0.1) is 11.8 Å². The molecule has 2 aromatic rings. The van der Waals surface area contributed by atoms with E-state index in [-0.39, 0.29) is 17.4 Å². The lowest BCUT2D eigenvalue weighted by Crippen LogP contribution is -2.18. The third kappa shape index (κ3) is 4.73. The molecule has 0 bridgehead atoms. The molecule has 0 spiro atoms. The molecule has 1 aliphatic rings. The van der Waals surface area contributed by atoms with Crippen LogP contribution in [0.4, 0.5) is 10.1 Å². The van der Waals surface area contributed by atoms with Crippen LogP contribution in [0.25, 0.3) is 5.70 Å². The van der Waals surface area contributed by atoms with Crippen molar-refractivity contribution in [3.63, 3.8) is 0 Å². The molecule has 1 unspecified atom stereocenters. The third-order valence-corrected chi connectivity index (χ3v) is 5.67. The van der Waals surface area contributed by atoms with Crippen molar-refractivity contribution in [1.29, 1.82) is 5.41 Å². The molecule has 1 atom stereocenters. The van der Waals surface area contributed by atoms with E-state index < -0.39 is 5.82 Å². The predicted molar refractivity (Wildman–Crippen MR) is 119 cm³/mol. The van der Waals surface area contributed by atoms with Gasteiger partial charge in [0.05, 0.1) is 5.71 Å². The number of halogens is 1. The summed E-state index contributed by atoms with van der Waals surface area (Å²) in [5.74, 6) is 0.617. The topological polar surface area (TPSA) is 61.9 Å². The molecule has 3 nitrogen and oxygen atoms in total. The van der Waals surface area contributed by atoms with Gasteiger partial charge in [-0.25, -0.2) is 4.39 Å². The van der Waals surface area contributed by atoms with Crippen LogP contribution >= 0.6 is 11.8 Å². The Morgan fingerprint density at radius 2 is 2.04 bits per heavy atom. The fraction of sp³-hybridized carbons (Fsp3) is 0.174. The second kappa shape index (κ2) is 8.93. The van der Waals surface area contributed by atoms with Crippen molar-refractivity contribution in [2.45, 2.75) is 19.4 Å². The van der Waals surface area contributed by atoms with Crippen molar-refractivity contribution in [3.8, 4) is 0 Å². The highest BCUT2D eigenvalue weighted by molar-refractivity contribution is 8.03. The van der Waals surface area contributed by atoms with E-state index in [9.17, 15) is 4.39 Å². The van der Waals surface area contributed by atoms with Crippen molar-refractivity contribution >= 4 is 28.9 Å². The van der Waals surface area contributed by atoms with E-state index in [4.69, 9.17) is 11.1 Å². The summed E-state index contributed by atoms with van der Waals surface area (Å²) >= 11 is 1.76. The highest BCUT2D eigenvalue weighted by Crippen LogP contribution is 2.27. The molecule has 2 aromatic carbocycles. The summed E-state index contributed by atoms with van der Waals surface area (Å²) < 4.78 is 14.5. The largest absolute Gasteiger partial charge is 0.398 e. The summed E-state index contributed by atoms with van der Waals surface area (Å²) in [6.07, 6.45) is 6.81. The van der Waals surface area contributed by atoms with E-state index in [1.54, 1.807) is 23.9 Å². The molecule has 0 fully saturated rings. The normalized spacial score (nSPS) is 14.7. The monoisotopic (exact) mass is 393 g/mol. The predicted octanol–water partition coefficient (Wildman–Crippen LogP) is 5.67. The number of rotatable bonds is 7. The van der Waals surface area contributed by atoms with E-state index in [1.165, 1.54) is 6.07 Å². The number of thioether (sulfide) groups is 1. The van der Waals surface area contributed by atoms with E-state index in [0.29, 0.717) is 16.8 Å². The molecular weight excluding hydrogens is 369 g/mol. The molecule has 3 rings (SSSR count). The first kappa shape index (κ1) is 20.0. The number of hydrogen-bond acceptors (Lipinski definition) is 4. The first-order valence-corrected chi connectivity index (χ1v) is 10.1. The van der Waals surface area contributed by atoms with Gasteiger partial charge < -0.3 is 16.5 Å². The maximum absolute atomic E-state index is 14.5. The average Bonchev–Trinajstić information content (AvgIpc) is 3.20. The van der Waals surface area contributed by atoms with Gasteiger partial charge in [0.25, 0.3) is 0 Å². The van der Waals surface area contributed by atoms with Gasteiger partial charge in [-0.3, -0.25) is 0 Å². The second-order valence-electron chi connectivity index (χ2n) is 6.67. The summed E-state index contributed by atoms with van der Waals surface area (Å²) in [6.45, 7) is 5.99. The Kier molecular flexibility index (Phi) is 6.37. The lowest BCUT2D eigenvalue weighted by atomic mass is 10.0. The van der Waals surface area contributed by atoms with Crippen molar-refractivity contribution in [2.75, 3.05) is 11.5 Å². The van der Waals surface area contributed by atoms with E-state index in [2.05, 4.69) is 18.0 Å². The molecule has 4 N–H and O–H groups in total. The quantitative estimate of drug-likeness (QED) is 0.419. The van der Waals surface area contributed by atoms with E-state index in [1.807, 2.05) is 43.3 Å². The summed E-state index contributed by atoms with van der Waals surface area (Å²) in [5, 5.41) is 11.6. The molecule has 0 amide bonds. The highest BCUT2D eigenvalue weighted by Gasteiger charge is 2.15. The van der Waals surface area contributed by atoms with Crippen LogP contribution in [0.2, 0.25) is 0 Å². The lowest BCUT2D eigenvalue weighted by Gasteiger charge is -2.19. The molecule has 0 aromatic heterocycles. The summed E-state index contributed by atoms with van der Waals surface area (Å²) in [5.41, 5.74) is 8.82. The first-order valence-electron chi connectivity index (χ1n) is 9.15. The standard InChI is InChI=1S/C23H24FN3S/c1-15(17-7-4-3-5-8-17)27-16(2)19-13-20(23(26)14-21(19)24)22(25)11-10-18-9-6-12-28-18/h3-5,7-11,13-15,25,27H,2,6,12,26H2,1H3/b11-10+,25-22?. The van der Waals surface area contributed by atoms with E-state index in [0.717, 1.165) is 22.6 Å². The molecule has 1 aliphatic heterocycles. The number of hydrogen-bond donors (Lipinski definition) is 3. The van der Waals surface area contributed by atoms with Crippen LogP contribution in [0.1, 0.15) is 36.1 Å². The van der Waals surface area contributed by atoms with Crippen LogP contribution in [-0.2, 0) is 0 Å². The van der Waals surface area contributed by atoms with Gasteiger partial charge in [0.2, 0.25) is 0 Å². The molecule has 1 heterocycles. The molecule has 0 radical (unpaired) electrons. The van der Waals surface area contributed by atoms with Gasteiger partial charge in [0, 0.05) is 39.2 Å². The third-order valence-electron chi connectivity index (χ3n) is 4.59. The zero-order chi connectivity index (χ0) is 20.1. The molecular formula is C23H24FN3S. The second-order valence-corrected chi connectivity index (χ2v) is 7.83. The van der Waals surface area contributed by atoms with Gasteiger partial charge in [-0.05, 0) is 43.2 Å².